The van der Waals surface area contributed by atoms with Crippen LogP contribution in [0.5, 0.6) is 5.75 Å². The molecule has 0 saturated carbocycles. The Hall–Kier alpha value is -2.93. The van der Waals surface area contributed by atoms with E-state index in [1.54, 1.807) is 18.1 Å². The van der Waals surface area contributed by atoms with Crippen LogP contribution in [0, 0.1) is 0 Å². The highest BCUT2D eigenvalue weighted by atomic mass is 16.5. The number of carbonyl (C=O) groups is 1. The first-order valence-electron chi connectivity index (χ1n) is 9.01. The third-order valence-corrected chi connectivity index (χ3v) is 4.95. The van der Waals surface area contributed by atoms with E-state index in [9.17, 15) is 4.79 Å². The Bertz CT molecular complexity index is 860. The Morgan fingerprint density at radius 1 is 1.30 bits per heavy atom. The minimum absolute atomic E-state index is 0.160. The number of amides is 2. The Kier molecular flexibility index (Phi) is 4.77. The largest absolute Gasteiger partial charge is 0.482 e. The number of para-hydroxylation sites is 1. The van der Waals surface area contributed by atoms with E-state index in [2.05, 4.69) is 27.4 Å². The standard InChI is InChI=1S/C20H22N4O3/c1-26-13-16-12-18(22-14-21-16)23-19(25)24-10-8-20(9-11-24)7-6-15-4-2-3-5-17(15)27-20/h2-7,12,14H,8-11,13H2,1H3,(H,21,22,23,25). The summed E-state index contributed by atoms with van der Waals surface area (Å²) < 4.78 is 11.3. The second-order valence-corrected chi connectivity index (χ2v) is 6.78. The predicted molar refractivity (Wildman–Crippen MR) is 101 cm³/mol. The number of anilines is 1. The van der Waals surface area contributed by atoms with Crippen LogP contribution in [0.3, 0.4) is 0 Å². The number of benzene rings is 1. The molecule has 1 saturated heterocycles. The third-order valence-electron chi connectivity index (χ3n) is 4.95. The second-order valence-electron chi connectivity index (χ2n) is 6.78. The fraction of sp³-hybridized carbons (Fsp3) is 0.350. The number of likely N-dealkylation sites (tertiary alicyclic amines) is 1. The van der Waals surface area contributed by atoms with E-state index in [0.717, 1.165) is 29.8 Å². The van der Waals surface area contributed by atoms with Gasteiger partial charge in [0.1, 0.15) is 23.5 Å². The zero-order valence-electron chi connectivity index (χ0n) is 15.2. The number of fused-ring (bicyclic) bond motifs is 1. The summed E-state index contributed by atoms with van der Waals surface area (Å²) in [6.07, 6.45) is 7.18. The van der Waals surface area contributed by atoms with Gasteiger partial charge in [-0.2, -0.15) is 0 Å². The Balaban J connectivity index is 1.37. The molecule has 1 spiro atoms. The fourth-order valence-corrected chi connectivity index (χ4v) is 3.44. The van der Waals surface area contributed by atoms with Crippen molar-refractivity contribution in [2.45, 2.75) is 25.0 Å². The van der Waals surface area contributed by atoms with E-state index < -0.39 is 0 Å². The molecule has 0 bridgehead atoms. The van der Waals surface area contributed by atoms with Gasteiger partial charge in [-0.15, -0.1) is 0 Å². The molecule has 0 atom stereocenters. The number of methoxy groups -OCH3 is 1. The van der Waals surface area contributed by atoms with Crippen LogP contribution in [-0.2, 0) is 11.3 Å². The maximum absolute atomic E-state index is 12.6. The highest BCUT2D eigenvalue weighted by molar-refractivity contribution is 5.88. The van der Waals surface area contributed by atoms with Gasteiger partial charge >= 0.3 is 6.03 Å². The monoisotopic (exact) mass is 366 g/mol. The summed E-state index contributed by atoms with van der Waals surface area (Å²) in [6, 6.07) is 9.58. The molecule has 0 aliphatic carbocycles. The van der Waals surface area contributed by atoms with Crippen molar-refractivity contribution >= 4 is 17.9 Å². The van der Waals surface area contributed by atoms with Gasteiger partial charge < -0.3 is 14.4 Å². The van der Waals surface area contributed by atoms with Crippen LogP contribution in [0.15, 0.2) is 42.7 Å². The normalized spacial score (nSPS) is 17.3. The molecule has 2 amide bonds. The zero-order chi connectivity index (χ0) is 18.7. The Morgan fingerprint density at radius 2 is 2.11 bits per heavy atom. The molecule has 7 heteroatoms. The van der Waals surface area contributed by atoms with Gasteiger partial charge in [0, 0.05) is 44.7 Å². The molecule has 2 aromatic rings. The van der Waals surface area contributed by atoms with Gasteiger partial charge in [-0.25, -0.2) is 14.8 Å². The maximum atomic E-state index is 12.6. The van der Waals surface area contributed by atoms with Crippen molar-refractivity contribution in [1.82, 2.24) is 14.9 Å². The van der Waals surface area contributed by atoms with Crippen molar-refractivity contribution in [3.8, 4) is 5.75 Å². The SMILES string of the molecule is COCc1cc(NC(=O)N2CCC3(C=Cc4ccccc4O3)CC2)ncn1. The van der Waals surface area contributed by atoms with E-state index >= 15 is 0 Å². The molecule has 1 aromatic carbocycles. The Labute approximate surface area is 158 Å². The first kappa shape index (κ1) is 17.5. The van der Waals surface area contributed by atoms with E-state index in [1.165, 1.54) is 6.33 Å². The number of aromatic nitrogens is 2. The van der Waals surface area contributed by atoms with Crippen LogP contribution < -0.4 is 10.1 Å². The molecule has 3 heterocycles. The molecular weight excluding hydrogens is 344 g/mol. The van der Waals surface area contributed by atoms with E-state index in [1.807, 2.05) is 24.3 Å². The first-order valence-corrected chi connectivity index (χ1v) is 9.01. The van der Waals surface area contributed by atoms with E-state index in [4.69, 9.17) is 9.47 Å². The molecule has 1 fully saturated rings. The lowest BCUT2D eigenvalue weighted by molar-refractivity contribution is 0.0518. The summed E-state index contributed by atoms with van der Waals surface area (Å²) >= 11 is 0. The summed E-state index contributed by atoms with van der Waals surface area (Å²) in [6.45, 7) is 1.62. The second kappa shape index (κ2) is 7.36. The van der Waals surface area contributed by atoms with Gasteiger partial charge in [0.15, 0.2) is 0 Å². The molecule has 1 aromatic heterocycles. The van der Waals surface area contributed by atoms with Gasteiger partial charge in [-0.3, -0.25) is 5.32 Å². The van der Waals surface area contributed by atoms with Crippen LogP contribution in [0.2, 0.25) is 0 Å². The molecule has 140 valence electrons. The van der Waals surface area contributed by atoms with Crippen LogP contribution >= 0.6 is 0 Å². The summed E-state index contributed by atoms with van der Waals surface area (Å²) in [5.41, 5.74) is 1.49. The fourth-order valence-electron chi connectivity index (χ4n) is 3.44. The third kappa shape index (κ3) is 3.78. The minimum atomic E-state index is -0.328. The number of carbonyl (C=O) groups excluding carboxylic acids is 1. The number of ether oxygens (including phenoxy) is 2. The van der Waals surface area contributed by atoms with Crippen LogP contribution in [-0.4, -0.2) is 46.7 Å². The molecule has 4 rings (SSSR count). The maximum Gasteiger partial charge on any atom is 0.323 e. The smallest absolute Gasteiger partial charge is 0.323 e. The average molecular weight is 366 g/mol. The van der Waals surface area contributed by atoms with Crippen molar-refractivity contribution in [2.75, 3.05) is 25.5 Å². The van der Waals surface area contributed by atoms with Crippen LogP contribution in [0.1, 0.15) is 24.1 Å². The molecule has 2 aliphatic heterocycles. The molecular formula is C20H22N4O3. The summed E-state index contributed by atoms with van der Waals surface area (Å²) in [7, 11) is 1.60. The Morgan fingerprint density at radius 3 is 2.93 bits per heavy atom. The molecule has 0 unspecified atom stereocenters. The van der Waals surface area contributed by atoms with E-state index in [-0.39, 0.29) is 11.6 Å². The number of piperidine rings is 1. The molecule has 7 nitrogen and oxygen atoms in total. The summed E-state index contributed by atoms with van der Waals surface area (Å²) in [5, 5.41) is 2.84. The van der Waals surface area contributed by atoms with Crippen molar-refractivity contribution in [2.24, 2.45) is 0 Å². The summed E-state index contributed by atoms with van der Waals surface area (Å²) in [4.78, 5) is 22.6. The molecule has 0 radical (unpaired) electrons. The average Bonchev–Trinajstić information content (AvgIpc) is 2.69. The van der Waals surface area contributed by atoms with Gasteiger partial charge in [0.05, 0.1) is 12.3 Å². The number of hydrogen-bond donors (Lipinski definition) is 1. The number of nitrogens with one attached hydrogen (secondary N) is 1. The zero-order valence-corrected chi connectivity index (χ0v) is 15.2. The van der Waals surface area contributed by atoms with Gasteiger partial charge in [-0.1, -0.05) is 24.3 Å². The van der Waals surface area contributed by atoms with Crippen molar-refractivity contribution < 1.29 is 14.3 Å². The van der Waals surface area contributed by atoms with Crippen LogP contribution in [0.4, 0.5) is 10.6 Å². The number of nitrogens with zero attached hydrogens (tertiary/aromatic N) is 3. The van der Waals surface area contributed by atoms with Gasteiger partial charge in [-0.05, 0) is 12.1 Å². The quantitative estimate of drug-likeness (QED) is 0.903. The summed E-state index contributed by atoms with van der Waals surface area (Å²) in [5.74, 6) is 1.38. The number of rotatable bonds is 3. The van der Waals surface area contributed by atoms with Crippen LogP contribution in [0.25, 0.3) is 6.08 Å². The highest BCUT2D eigenvalue weighted by Crippen LogP contribution is 2.36. The van der Waals surface area contributed by atoms with Crippen molar-refractivity contribution in [1.29, 1.82) is 0 Å². The molecule has 1 N–H and O–H groups in total. The predicted octanol–water partition coefficient (Wildman–Crippen LogP) is 3.10. The van der Waals surface area contributed by atoms with Crippen molar-refractivity contribution in [3.05, 3.63) is 54.0 Å². The lowest BCUT2D eigenvalue weighted by Gasteiger charge is -2.41. The topological polar surface area (TPSA) is 76.6 Å². The minimum Gasteiger partial charge on any atom is -0.482 e. The first-order chi connectivity index (χ1) is 13.2. The van der Waals surface area contributed by atoms with Gasteiger partial charge in [0.25, 0.3) is 0 Å². The lowest BCUT2D eigenvalue weighted by atomic mass is 9.88. The number of hydrogen-bond acceptors (Lipinski definition) is 5. The van der Waals surface area contributed by atoms with E-state index in [0.29, 0.717) is 25.5 Å². The highest BCUT2D eigenvalue weighted by Gasteiger charge is 2.37. The van der Waals surface area contributed by atoms with Gasteiger partial charge in [0.2, 0.25) is 0 Å². The van der Waals surface area contributed by atoms with Crippen molar-refractivity contribution in [3.63, 3.8) is 0 Å². The molecule has 27 heavy (non-hydrogen) atoms. The molecule has 2 aliphatic rings. The number of urea groups is 1. The lowest BCUT2D eigenvalue weighted by Crippen LogP contribution is -2.50.